The molecule has 1 heterocycles. The Bertz CT molecular complexity index is 349. The fourth-order valence-electron chi connectivity index (χ4n) is 3.09. The van der Waals surface area contributed by atoms with Gasteiger partial charge in [-0.25, -0.2) is 0 Å². The maximum Gasteiger partial charge on any atom is 0.0449 e. The first-order valence-corrected chi connectivity index (χ1v) is 7.23. The monoisotopic (exact) mass is 246 g/mol. The van der Waals surface area contributed by atoms with E-state index in [1.807, 2.05) is 0 Å². The molecule has 2 heteroatoms. The van der Waals surface area contributed by atoms with Gasteiger partial charge in [-0.3, -0.25) is 4.90 Å². The van der Waals surface area contributed by atoms with Gasteiger partial charge in [-0.1, -0.05) is 44.2 Å². The van der Waals surface area contributed by atoms with Crippen LogP contribution in [0.3, 0.4) is 0 Å². The van der Waals surface area contributed by atoms with Crippen LogP contribution in [0.1, 0.15) is 38.8 Å². The molecule has 3 atom stereocenters. The third-order valence-electron chi connectivity index (χ3n) is 3.98. The van der Waals surface area contributed by atoms with Crippen LogP contribution in [0, 0.1) is 5.92 Å². The minimum Gasteiger partial charge on any atom is -0.309 e. The highest BCUT2D eigenvalue weighted by molar-refractivity contribution is 5.19. The number of likely N-dealkylation sites (N-methyl/N-ethyl adjacent to an activating group) is 1. The molecule has 1 aromatic rings. The van der Waals surface area contributed by atoms with E-state index in [9.17, 15) is 0 Å². The number of rotatable bonds is 5. The third-order valence-corrected chi connectivity index (χ3v) is 3.98. The molecule has 0 bridgehead atoms. The van der Waals surface area contributed by atoms with Crippen LogP contribution < -0.4 is 5.32 Å². The van der Waals surface area contributed by atoms with E-state index in [2.05, 4.69) is 61.3 Å². The summed E-state index contributed by atoms with van der Waals surface area (Å²) >= 11 is 0. The molecule has 2 nitrogen and oxygen atoms in total. The van der Waals surface area contributed by atoms with E-state index in [1.165, 1.54) is 18.5 Å². The fraction of sp³-hybridized carbons (Fsp3) is 0.625. The zero-order chi connectivity index (χ0) is 13.0. The summed E-state index contributed by atoms with van der Waals surface area (Å²) in [6.45, 7) is 10.3. The maximum absolute atomic E-state index is 3.62. The van der Waals surface area contributed by atoms with Crippen molar-refractivity contribution in [1.82, 2.24) is 10.2 Å². The van der Waals surface area contributed by atoms with Gasteiger partial charge in [-0.05, 0) is 31.4 Å². The zero-order valence-electron chi connectivity index (χ0n) is 11.9. The molecule has 1 aliphatic heterocycles. The van der Waals surface area contributed by atoms with Crippen molar-refractivity contribution < 1.29 is 0 Å². The number of nitrogens with one attached hydrogen (secondary N) is 1. The summed E-state index contributed by atoms with van der Waals surface area (Å²) in [7, 11) is 0. The Hall–Kier alpha value is -0.860. The second-order valence-electron chi connectivity index (χ2n) is 5.66. The van der Waals surface area contributed by atoms with Crippen LogP contribution in [-0.4, -0.2) is 30.6 Å². The zero-order valence-corrected chi connectivity index (χ0v) is 11.9. The van der Waals surface area contributed by atoms with Crippen LogP contribution in [0.4, 0.5) is 0 Å². The van der Waals surface area contributed by atoms with Crippen molar-refractivity contribution in [2.45, 2.75) is 39.3 Å². The molecule has 0 radical (unpaired) electrons. The molecule has 1 aromatic carbocycles. The van der Waals surface area contributed by atoms with Gasteiger partial charge in [-0.2, -0.15) is 0 Å². The Morgan fingerprint density at radius 2 is 2.00 bits per heavy atom. The normalized spacial score (nSPS) is 26.4. The highest BCUT2D eigenvalue weighted by Gasteiger charge is 2.28. The Morgan fingerprint density at radius 1 is 1.28 bits per heavy atom. The van der Waals surface area contributed by atoms with E-state index < -0.39 is 0 Å². The lowest BCUT2D eigenvalue weighted by atomic mass is 10.1. The standard InChI is InChI=1S/C16H26N2/c1-4-17-16(15-8-6-5-7-9-15)12-18-11-13(2)10-14(18)3/h5-9,13-14,16-17H,4,10-12H2,1-3H3. The van der Waals surface area contributed by atoms with Crippen molar-refractivity contribution in [3.63, 3.8) is 0 Å². The molecule has 0 amide bonds. The van der Waals surface area contributed by atoms with Crippen LogP contribution in [-0.2, 0) is 0 Å². The van der Waals surface area contributed by atoms with Gasteiger partial charge < -0.3 is 5.32 Å². The second kappa shape index (κ2) is 6.35. The Balaban J connectivity index is 2.03. The quantitative estimate of drug-likeness (QED) is 0.859. The summed E-state index contributed by atoms with van der Waals surface area (Å²) in [5.41, 5.74) is 1.41. The van der Waals surface area contributed by atoms with Crippen LogP contribution in [0.15, 0.2) is 30.3 Å². The van der Waals surface area contributed by atoms with Gasteiger partial charge >= 0.3 is 0 Å². The predicted molar refractivity (Wildman–Crippen MR) is 77.7 cm³/mol. The topological polar surface area (TPSA) is 15.3 Å². The number of hydrogen-bond acceptors (Lipinski definition) is 2. The largest absolute Gasteiger partial charge is 0.309 e. The summed E-state index contributed by atoms with van der Waals surface area (Å²) in [6, 6.07) is 12.0. The molecule has 100 valence electrons. The number of nitrogens with zero attached hydrogens (tertiary/aromatic N) is 1. The molecule has 1 saturated heterocycles. The lowest BCUT2D eigenvalue weighted by molar-refractivity contribution is 0.235. The van der Waals surface area contributed by atoms with Crippen molar-refractivity contribution in [2.24, 2.45) is 5.92 Å². The highest BCUT2D eigenvalue weighted by Crippen LogP contribution is 2.25. The number of likely N-dealkylation sites (tertiary alicyclic amines) is 1. The number of benzene rings is 1. The van der Waals surface area contributed by atoms with E-state index in [-0.39, 0.29) is 0 Å². The van der Waals surface area contributed by atoms with Crippen molar-refractivity contribution in [1.29, 1.82) is 0 Å². The first kappa shape index (κ1) is 13.6. The van der Waals surface area contributed by atoms with Gasteiger partial charge in [0, 0.05) is 25.2 Å². The fourth-order valence-corrected chi connectivity index (χ4v) is 3.09. The van der Waals surface area contributed by atoms with Gasteiger partial charge in [0.25, 0.3) is 0 Å². The van der Waals surface area contributed by atoms with Gasteiger partial charge in [0.15, 0.2) is 0 Å². The Labute approximate surface area is 111 Å². The van der Waals surface area contributed by atoms with Gasteiger partial charge in [-0.15, -0.1) is 0 Å². The van der Waals surface area contributed by atoms with Gasteiger partial charge in [0.1, 0.15) is 0 Å². The van der Waals surface area contributed by atoms with E-state index in [0.29, 0.717) is 6.04 Å². The van der Waals surface area contributed by atoms with Crippen molar-refractivity contribution >= 4 is 0 Å². The predicted octanol–water partition coefficient (Wildman–Crippen LogP) is 3.07. The summed E-state index contributed by atoms with van der Waals surface area (Å²) in [6.07, 6.45) is 1.34. The molecular weight excluding hydrogens is 220 g/mol. The summed E-state index contributed by atoms with van der Waals surface area (Å²) in [5.74, 6) is 0.845. The summed E-state index contributed by atoms with van der Waals surface area (Å²) in [4.78, 5) is 2.63. The van der Waals surface area contributed by atoms with Gasteiger partial charge in [0.2, 0.25) is 0 Å². The van der Waals surface area contributed by atoms with E-state index in [4.69, 9.17) is 0 Å². The van der Waals surface area contributed by atoms with Crippen LogP contribution in [0.2, 0.25) is 0 Å². The molecule has 1 N–H and O–H groups in total. The lowest BCUT2D eigenvalue weighted by Gasteiger charge is -2.28. The molecule has 18 heavy (non-hydrogen) atoms. The van der Waals surface area contributed by atoms with Crippen molar-refractivity contribution in [2.75, 3.05) is 19.6 Å². The smallest absolute Gasteiger partial charge is 0.0449 e. The molecule has 0 saturated carbocycles. The molecule has 2 rings (SSSR count). The van der Waals surface area contributed by atoms with E-state index in [0.717, 1.165) is 25.0 Å². The number of hydrogen-bond donors (Lipinski definition) is 1. The molecular formula is C16H26N2. The SMILES string of the molecule is CCNC(CN1CC(C)CC1C)c1ccccc1. The average molecular weight is 246 g/mol. The van der Waals surface area contributed by atoms with Crippen LogP contribution >= 0.6 is 0 Å². The van der Waals surface area contributed by atoms with E-state index in [1.54, 1.807) is 0 Å². The third kappa shape index (κ3) is 3.33. The molecule has 3 unspecified atom stereocenters. The minimum atomic E-state index is 0.462. The van der Waals surface area contributed by atoms with E-state index >= 15 is 0 Å². The first-order chi connectivity index (χ1) is 8.70. The summed E-state index contributed by atoms with van der Waals surface area (Å²) < 4.78 is 0. The molecule has 0 aromatic heterocycles. The van der Waals surface area contributed by atoms with Gasteiger partial charge in [0.05, 0.1) is 0 Å². The Morgan fingerprint density at radius 3 is 2.56 bits per heavy atom. The van der Waals surface area contributed by atoms with Crippen molar-refractivity contribution in [3.8, 4) is 0 Å². The molecule has 1 fully saturated rings. The highest BCUT2D eigenvalue weighted by atomic mass is 15.2. The average Bonchev–Trinajstić information content (AvgIpc) is 2.68. The molecule has 1 aliphatic rings. The Kier molecular flexibility index (Phi) is 4.79. The lowest BCUT2D eigenvalue weighted by Crippen LogP contribution is -2.37. The van der Waals surface area contributed by atoms with Crippen LogP contribution in [0.5, 0.6) is 0 Å². The maximum atomic E-state index is 3.62. The molecule has 0 aliphatic carbocycles. The second-order valence-corrected chi connectivity index (χ2v) is 5.66. The van der Waals surface area contributed by atoms with Crippen LogP contribution in [0.25, 0.3) is 0 Å². The van der Waals surface area contributed by atoms with Crippen molar-refractivity contribution in [3.05, 3.63) is 35.9 Å². The first-order valence-electron chi connectivity index (χ1n) is 7.23. The summed E-state index contributed by atoms with van der Waals surface area (Å²) in [5, 5.41) is 3.62. The molecule has 0 spiro atoms. The minimum absolute atomic E-state index is 0.462.